The van der Waals surface area contributed by atoms with E-state index in [0.717, 1.165) is 22.0 Å². The lowest BCUT2D eigenvalue weighted by Gasteiger charge is -2.09. The first kappa shape index (κ1) is 14.4. The highest BCUT2D eigenvalue weighted by Crippen LogP contribution is 2.30. The van der Waals surface area contributed by atoms with Crippen LogP contribution in [0.1, 0.15) is 5.69 Å². The van der Waals surface area contributed by atoms with Crippen molar-refractivity contribution in [3.8, 4) is 11.4 Å². The average molecular weight is 364 g/mol. The lowest BCUT2D eigenvalue weighted by Crippen LogP contribution is -2.00. The van der Waals surface area contributed by atoms with Crippen LogP contribution in [0.3, 0.4) is 0 Å². The van der Waals surface area contributed by atoms with Gasteiger partial charge in [0.1, 0.15) is 5.15 Å². The van der Waals surface area contributed by atoms with Crippen molar-refractivity contribution in [2.45, 2.75) is 6.61 Å². The lowest BCUT2D eigenvalue weighted by atomic mass is 10.0. The second-order valence-corrected chi connectivity index (χ2v) is 5.71. The van der Waals surface area contributed by atoms with E-state index in [1.807, 2.05) is 24.3 Å². The molecule has 0 spiro atoms. The van der Waals surface area contributed by atoms with Crippen LogP contribution >= 0.6 is 27.5 Å². The molecule has 0 fully saturated rings. The van der Waals surface area contributed by atoms with E-state index in [1.54, 1.807) is 7.11 Å². The monoisotopic (exact) mass is 362 g/mol. The Kier molecular flexibility index (Phi) is 4.19. The maximum absolute atomic E-state index is 6.20. The zero-order valence-corrected chi connectivity index (χ0v) is 13.6. The number of fused-ring (bicyclic) bond motifs is 1. The predicted molar refractivity (Wildman–Crippen MR) is 88.4 cm³/mol. The quantitative estimate of drug-likeness (QED) is 0.623. The van der Waals surface area contributed by atoms with E-state index in [1.165, 1.54) is 0 Å². The molecular weight excluding hydrogens is 352 g/mol. The topological polar surface area (TPSA) is 35.0 Å². The first-order chi connectivity index (χ1) is 10.2. The number of rotatable bonds is 3. The standard InChI is InChI=1S/C16H12BrClN2O/c1-21-9-13-14(17)15(18)20-16(19-13)12-8-4-6-10-5-2-3-7-11(10)12/h2-8H,9H2,1H3. The summed E-state index contributed by atoms with van der Waals surface area (Å²) in [6.45, 7) is 0.376. The zero-order valence-electron chi connectivity index (χ0n) is 11.3. The Labute approximate surface area is 136 Å². The van der Waals surface area contributed by atoms with Gasteiger partial charge in [0, 0.05) is 12.7 Å². The molecular formula is C16H12BrClN2O. The lowest BCUT2D eigenvalue weighted by molar-refractivity contribution is 0.181. The summed E-state index contributed by atoms with van der Waals surface area (Å²) in [6.07, 6.45) is 0. The van der Waals surface area contributed by atoms with Gasteiger partial charge in [0.25, 0.3) is 0 Å². The van der Waals surface area contributed by atoms with Crippen LogP contribution in [0.25, 0.3) is 22.2 Å². The number of hydrogen-bond acceptors (Lipinski definition) is 3. The summed E-state index contributed by atoms with van der Waals surface area (Å²) in [5, 5.41) is 2.63. The van der Waals surface area contributed by atoms with Gasteiger partial charge >= 0.3 is 0 Å². The minimum atomic E-state index is 0.376. The van der Waals surface area contributed by atoms with Crippen molar-refractivity contribution >= 4 is 38.3 Å². The van der Waals surface area contributed by atoms with E-state index in [0.29, 0.717) is 22.1 Å². The Morgan fingerprint density at radius 1 is 1.10 bits per heavy atom. The van der Waals surface area contributed by atoms with Gasteiger partial charge in [-0.1, -0.05) is 54.1 Å². The number of halogens is 2. The predicted octanol–water partition coefficient (Wildman–Crippen LogP) is 4.86. The second kappa shape index (κ2) is 6.10. The van der Waals surface area contributed by atoms with Gasteiger partial charge in [-0.05, 0) is 26.7 Å². The number of hydrogen-bond donors (Lipinski definition) is 0. The molecule has 0 bridgehead atoms. The van der Waals surface area contributed by atoms with Crippen molar-refractivity contribution in [1.29, 1.82) is 0 Å². The maximum atomic E-state index is 6.20. The van der Waals surface area contributed by atoms with Gasteiger partial charge in [0.2, 0.25) is 0 Å². The van der Waals surface area contributed by atoms with Gasteiger partial charge in [-0.3, -0.25) is 0 Å². The van der Waals surface area contributed by atoms with Gasteiger partial charge in [-0.15, -0.1) is 0 Å². The molecule has 0 N–H and O–H groups in total. The molecule has 0 aliphatic carbocycles. The van der Waals surface area contributed by atoms with Gasteiger partial charge in [-0.25, -0.2) is 9.97 Å². The molecule has 0 saturated carbocycles. The van der Waals surface area contributed by atoms with E-state index < -0.39 is 0 Å². The van der Waals surface area contributed by atoms with Crippen LogP contribution in [0.4, 0.5) is 0 Å². The van der Waals surface area contributed by atoms with Crippen molar-refractivity contribution in [3.63, 3.8) is 0 Å². The number of benzene rings is 2. The number of aromatic nitrogens is 2. The molecule has 0 amide bonds. The van der Waals surface area contributed by atoms with E-state index >= 15 is 0 Å². The third kappa shape index (κ3) is 2.79. The Bertz CT molecular complexity index is 802. The largest absolute Gasteiger partial charge is 0.378 e. The average Bonchev–Trinajstić information content (AvgIpc) is 2.51. The van der Waals surface area contributed by atoms with Gasteiger partial charge in [-0.2, -0.15) is 0 Å². The molecule has 2 aromatic carbocycles. The summed E-state index contributed by atoms with van der Waals surface area (Å²) >= 11 is 9.60. The molecule has 1 heterocycles. The van der Waals surface area contributed by atoms with Crippen LogP contribution < -0.4 is 0 Å². The molecule has 0 radical (unpaired) electrons. The van der Waals surface area contributed by atoms with Gasteiger partial charge in [0.15, 0.2) is 5.82 Å². The van der Waals surface area contributed by atoms with Crippen LogP contribution in [-0.4, -0.2) is 17.1 Å². The molecule has 21 heavy (non-hydrogen) atoms. The number of nitrogens with zero attached hydrogens (tertiary/aromatic N) is 2. The molecule has 3 aromatic rings. The molecule has 0 aliphatic heterocycles. The maximum Gasteiger partial charge on any atom is 0.161 e. The van der Waals surface area contributed by atoms with Crippen molar-refractivity contribution < 1.29 is 4.74 Å². The van der Waals surface area contributed by atoms with E-state index in [4.69, 9.17) is 16.3 Å². The van der Waals surface area contributed by atoms with E-state index in [-0.39, 0.29) is 0 Å². The summed E-state index contributed by atoms with van der Waals surface area (Å²) in [5.41, 5.74) is 1.69. The van der Waals surface area contributed by atoms with Gasteiger partial charge < -0.3 is 4.74 Å². The summed E-state index contributed by atoms with van der Waals surface area (Å²) < 4.78 is 5.84. The fraction of sp³-hybridized carbons (Fsp3) is 0.125. The zero-order chi connectivity index (χ0) is 14.8. The van der Waals surface area contributed by atoms with Crippen molar-refractivity contribution in [2.75, 3.05) is 7.11 Å². The third-order valence-electron chi connectivity index (χ3n) is 3.19. The SMILES string of the molecule is COCc1nc(-c2cccc3ccccc23)nc(Cl)c1Br. The molecule has 5 heteroatoms. The molecule has 0 atom stereocenters. The van der Waals surface area contributed by atoms with Crippen molar-refractivity contribution in [2.24, 2.45) is 0 Å². The Morgan fingerprint density at radius 2 is 1.86 bits per heavy atom. The molecule has 3 nitrogen and oxygen atoms in total. The molecule has 1 aromatic heterocycles. The summed E-state index contributed by atoms with van der Waals surface area (Å²) in [5.74, 6) is 0.604. The highest BCUT2D eigenvalue weighted by atomic mass is 79.9. The summed E-state index contributed by atoms with van der Waals surface area (Å²) in [7, 11) is 1.63. The highest BCUT2D eigenvalue weighted by molar-refractivity contribution is 9.10. The molecule has 0 aliphatic rings. The molecule has 0 unspecified atom stereocenters. The van der Waals surface area contributed by atoms with Crippen LogP contribution in [0.5, 0.6) is 0 Å². The molecule has 3 rings (SSSR count). The van der Waals surface area contributed by atoms with Crippen LogP contribution in [-0.2, 0) is 11.3 Å². The fourth-order valence-electron chi connectivity index (χ4n) is 2.24. The minimum Gasteiger partial charge on any atom is -0.378 e. The van der Waals surface area contributed by atoms with Crippen molar-refractivity contribution in [3.05, 3.63) is 57.8 Å². The first-order valence-electron chi connectivity index (χ1n) is 6.39. The second-order valence-electron chi connectivity index (χ2n) is 4.56. The first-order valence-corrected chi connectivity index (χ1v) is 7.57. The Balaban J connectivity index is 2.23. The summed E-state index contributed by atoms with van der Waals surface area (Å²) in [4.78, 5) is 8.96. The summed E-state index contributed by atoms with van der Waals surface area (Å²) in [6, 6.07) is 14.2. The number of methoxy groups -OCH3 is 1. The third-order valence-corrected chi connectivity index (χ3v) is 4.53. The van der Waals surface area contributed by atoms with Crippen LogP contribution in [0.15, 0.2) is 46.9 Å². The van der Waals surface area contributed by atoms with E-state index in [2.05, 4.69) is 44.1 Å². The number of ether oxygens (including phenoxy) is 1. The molecule has 106 valence electrons. The van der Waals surface area contributed by atoms with Crippen molar-refractivity contribution in [1.82, 2.24) is 9.97 Å². The fourth-order valence-corrected chi connectivity index (χ4v) is 2.72. The molecule has 0 saturated heterocycles. The van der Waals surface area contributed by atoms with Gasteiger partial charge in [0.05, 0.1) is 16.8 Å². The van der Waals surface area contributed by atoms with E-state index in [9.17, 15) is 0 Å². The Morgan fingerprint density at radius 3 is 2.67 bits per heavy atom. The minimum absolute atomic E-state index is 0.376. The van der Waals surface area contributed by atoms with Crippen LogP contribution in [0.2, 0.25) is 5.15 Å². The highest BCUT2D eigenvalue weighted by Gasteiger charge is 2.13. The van der Waals surface area contributed by atoms with Crippen LogP contribution in [0, 0.1) is 0 Å². The smallest absolute Gasteiger partial charge is 0.161 e. The normalized spacial score (nSPS) is 11.0. The Hall–Kier alpha value is -1.49.